The van der Waals surface area contributed by atoms with E-state index >= 15 is 0 Å². The topological polar surface area (TPSA) is 44.8 Å². The molecule has 0 aromatic rings. The highest BCUT2D eigenvalue weighted by Gasteiger charge is 2.03. The molecule has 0 aliphatic heterocycles. The zero-order valence-electron chi connectivity index (χ0n) is 6.91. The quantitative estimate of drug-likeness (QED) is 0.317. The van der Waals surface area contributed by atoms with Crippen molar-refractivity contribution in [2.45, 2.75) is 26.6 Å². The van der Waals surface area contributed by atoms with Gasteiger partial charge in [-0.1, -0.05) is 6.92 Å². The first-order valence-electron chi connectivity index (χ1n) is 3.63. The van der Waals surface area contributed by atoms with Crippen molar-refractivity contribution in [1.82, 2.24) is 0 Å². The van der Waals surface area contributed by atoms with E-state index in [4.69, 9.17) is 9.47 Å². The molecule has 11 heavy (non-hydrogen) atoms. The summed E-state index contributed by atoms with van der Waals surface area (Å²) in [6, 6.07) is 0. The normalized spacial score (nSPS) is 12.5. The fourth-order valence-corrected chi connectivity index (χ4v) is 0.613. The summed E-state index contributed by atoms with van der Waals surface area (Å²) in [4.78, 5) is 9.69. The van der Waals surface area contributed by atoms with Crippen LogP contribution >= 0.6 is 0 Å². The van der Waals surface area contributed by atoms with Crippen LogP contribution in [0, 0.1) is 0 Å². The van der Waals surface area contributed by atoms with E-state index in [-0.39, 0.29) is 13.1 Å². The summed E-state index contributed by atoms with van der Waals surface area (Å²) < 4.78 is 14.4. The lowest BCUT2D eigenvalue weighted by molar-refractivity contribution is -0.191. The molecule has 66 valence electrons. The summed E-state index contributed by atoms with van der Waals surface area (Å²) in [5.74, 6) is 0. The molecule has 0 spiro atoms. The third-order valence-electron chi connectivity index (χ3n) is 1.08. The summed E-state index contributed by atoms with van der Waals surface area (Å²) in [5.41, 5.74) is 0. The Kier molecular flexibility index (Phi) is 7.08. The van der Waals surface area contributed by atoms with Gasteiger partial charge < -0.3 is 14.2 Å². The Morgan fingerprint density at radius 2 is 2.09 bits per heavy atom. The van der Waals surface area contributed by atoms with Gasteiger partial charge in [0.1, 0.15) is 0 Å². The largest absolute Gasteiger partial charge is 0.441 e. The predicted octanol–water partition coefficient (Wildman–Crippen LogP) is 0.906. The lowest BCUT2D eigenvalue weighted by atomic mass is 10.5. The Morgan fingerprint density at radius 3 is 2.55 bits per heavy atom. The molecule has 0 saturated heterocycles. The molecule has 0 aliphatic rings. The number of ether oxygens (including phenoxy) is 3. The molecule has 0 amide bonds. The fraction of sp³-hybridized carbons (Fsp3) is 0.857. The van der Waals surface area contributed by atoms with Crippen LogP contribution in [0.3, 0.4) is 0 Å². The summed E-state index contributed by atoms with van der Waals surface area (Å²) in [6.45, 7) is 4.72. The van der Waals surface area contributed by atoms with Gasteiger partial charge in [-0.2, -0.15) is 0 Å². The minimum atomic E-state index is -0.264. The third kappa shape index (κ3) is 5.82. The van der Waals surface area contributed by atoms with E-state index in [9.17, 15) is 4.79 Å². The van der Waals surface area contributed by atoms with E-state index in [0.29, 0.717) is 13.1 Å². The molecule has 1 unspecified atom stereocenters. The summed E-state index contributed by atoms with van der Waals surface area (Å²) in [7, 11) is 0. The molecule has 0 aromatic heterocycles. The van der Waals surface area contributed by atoms with Crippen LogP contribution in [0.5, 0.6) is 0 Å². The lowest BCUT2D eigenvalue weighted by Crippen LogP contribution is -2.17. The summed E-state index contributed by atoms with van der Waals surface area (Å²) in [5, 5.41) is 0. The second-order valence-corrected chi connectivity index (χ2v) is 1.84. The van der Waals surface area contributed by atoms with Crippen molar-refractivity contribution in [2.75, 3.05) is 13.4 Å². The van der Waals surface area contributed by atoms with Gasteiger partial charge in [-0.3, -0.25) is 4.79 Å². The molecule has 1 atom stereocenters. The molecular formula is C7H14O4. The van der Waals surface area contributed by atoms with Crippen molar-refractivity contribution < 1.29 is 19.0 Å². The fourth-order valence-electron chi connectivity index (χ4n) is 0.613. The first-order chi connectivity index (χ1) is 5.35. The maximum atomic E-state index is 9.69. The van der Waals surface area contributed by atoms with Crippen molar-refractivity contribution in [3.63, 3.8) is 0 Å². The second-order valence-electron chi connectivity index (χ2n) is 1.84. The molecule has 0 fully saturated rings. The average Bonchev–Trinajstić information content (AvgIpc) is 2.03. The zero-order chi connectivity index (χ0) is 8.53. The first-order valence-corrected chi connectivity index (χ1v) is 3.63. The van der Waals surface area contributed by atoms with E-state index in [0.717, 1.165) is 6.42 Å². The van der Waals surface area contributed by atoms with Gasteiger partial charge in [0.05, 0.1) is 0 Å². The third-order valence-corrected chi connectivity index (χ3v) is 1.08. The number of carbonyl (C=O) groups is 1. The first kappa shape index (κ1) is 10.4. The van der Waals surface area contributed by atoms with E-state index in [1.54, 1.807) is 0 Å². The van der Waals surface area contributed by atoms with E-state index in [1.165, 1.54) is 0 Å². The molecule has 0 N–H and O–H groups in total. The highest BCUT2D eigenvalue weighted by molar-refractivity contribution is 5.36. The highest BCUT2D eigenvalue weighted by Crippen LogP contribution is 1.98. The molecule has 0 heterocycles. The Labute approximate surface area is 66.4 Å². The molecule has 0 bridgehead atoms. The van der Waals surface area contributed by atoms with Crippen LogP contribution in [0.15, 0.2) is 0 Å². The van der Waals surface area contributed by atoms with Gasteiger partial charge in [0.2, 0.25) is 0 Å². The monoisotopic (exact) mass is 162 g/mol. The van der Waals surface area contributed by atoms with Gasteiger partial charge in [0, 0.05) is 6.61 Å². The SMILES string of the molecule is CCOC(CC)OCOC=O. The van der Waals surface area contributed by atoms with E-state index in [1.807, 2.05) is 13.8 Å². The maximum Gasteiger partial charge on any atom is 0.295 e. The standard InChI is InChI=1S/C7H14O4/c1-3-7(10-4-2)11-6-9-5-8/h5,7H,3-4,6H2,1-2H3. The molecule has 0 aromatic carbocycles. The Hall–Kier alpha value is -0.610. The number of hydrogen-bond donors (Lipinski definition) is 0. The van der Waals surface area contributed by atoms with E-state index in [2.05, 4.69) is 4.74 Å². The second kappa shape index (κ2) is 7.50. The van der Waals surface area contributed by atoms with Crippen LogP contribution < -0.4 is 0 Å². The summed E-state index contributed by atoms with van der Waals surface area (Å²) >= 11 is 0. The molecular weight excluding hydrogens is 148 g/mol. The van der Waals surface area contributed by atoms with E-state index < -0.39 is 0 Å². The molecule has 0 aliphatic carbocycles. The molecule has 4 nitrogen and oxygen atoms in total. The minimum absolute atomic E-state index is 0.0397. The van der Waals surface area contributed by atoms with Gasteiger partial charge in [-0.25, -0.2) is 0 Å². The Balaban J connectivity index is 3.27. The van der Waals surface area contributed by atoms with Crippen molar-refractivity contribution in [2.24, 2.45) is 0 Å². The van der Waals surface area contributed by atoms with Gasteiger partial charge >= 0.3 is 0 Å². The Morgan fingerprint density at radius 1 is 1.36 bits per heavy atom. The van der Waals surface area contributed by atoms with Gasteiger partial charge in [-0.05, 0) is 13.3 Å². The highest BCUT2D eigenvalue weighted by atomic mass is 16.8. The predicted molar refractivity (Wildman–Crippen MR) is 38.8 cm³/mol. The van der Waals surface area contributed by atoms with Crippen molar-refractivity contribution in [1.29, 1.82) is 0 Å². The van der Waals surface area contributed by atoms with Crippen molar-refractivity contribution in [3.8, 4) is 0 Å². The lowest BCUT2D eigenvalue weighted by Gasteiger charge is -2.14. The van der Waals surface area contributed by atoms with Crippen LogP contribution in [-0.2, 0) is 19.0 Å². The number of hydrogen-bond acceptors (Lipinski definition) is 4. The van der Waals surface area contributed by atoms with Crippen LogP contribution in [0.1, 0.15) is 20.3 Å². The minimum Gasteiger partial charge on any atom is -0.441 e. The van der Waals surface area contributed by atoms with Crippen LogP contribution in [0.2, 0.25) is 0 Å². The van der Waals surface area contributed by atoms with Crippen LogP contribution in [0.4, 0.5) is 0 Å². The van der Waals surface area contributed by atoms with Crippen LogP contribution in [-0.4, -0.2) is 26.2 Å². The smallest absolute Gasteiger partial charge is 0.295 e. The van der Waals surface area contributed by atoms with Crippen molar-refractivity contribution >= 4 is 6.47 Å². The molecule has 4 heteroatoms. The molecule has 0 rings (SSSR count). The number of carbonyl (C=O) groups excluding carboxylic acids is 1. The summed E-state index contributed by atoms with van der Waals surface area (Å²) in [6.07, 6.45) is 0.482. The Bertz CT molecular complexity index is 94.4. The van der Waals surface area contributed by atoms with Gasteiger partial charge in [-0.15, -0.1) is 0 Å². The van der Waals surface area contributed by atoms with Crippen molar-refractivity contribution in [3.05, 3.63) is 0 Å². The van der Waals surface area contributed by atoms with Gasteiger partial charge in [0.25, 0.3) is 6.47 Å². The van der Waals surface area contributed by atoms with Gasteiger partial charge in [0.15, 0.2) is 13.1 Å². The maximum absolute atomic E-state index is 9.69. The number of rotatable bonds is 7. The van der Waals surface area contributed by atoms with Crippen LogP contribution in [0.25, 0.3) is 0 Å². The molecule has 0 saturated carbocycles. The zero-order valence-corrected chi connectivity index (χ0v) is 6.91. The molecule has 0 radical (unpaired) electrons. The average molecular weight is 162 g/mol.